The highest BCUT2D eigenvalue weighted by Crippen LogP contribution is 2.28. The Labute approximate surface area is 137 Å². The zero-order valence-corrected chi connectivity index (χ0v) is 13.6. The van der Waals surface area contributed by atoms with E-state index in [-0.39, 0.29) is 11.8 Å². The largest absolute Gasteiger partial charge is 0.494 e. The maximum Gasteiger partial charge on any atom is 0.224 e. The molecule has 0 bridgehead atoms. The van der Waals surface area contributed by atoms with Gasteiger partial charge in [0.1, 0.15) is 5.75 Å². The van der Waals surface area contributed by atoms with E-state index in [1.54, 1.807) is 0 Å². The van der Waals surface area contributed by atoms with E-state index in [1.165, 1.54) is 0 Å². The van der Waals surface area contributed by atoms with Crippen LogP contribution in [0.2, 0.25) is 0 Å². The highest BCUT2D eigenvalue weighted by molar-refractivity contribution is 5.94. The van der Waals surface area contributed by atoms with Gasteiger partial charge >= 0.3 is 0 Å². The fourth-order valence-electron chi connectivity index (χ4n) is 3.03. The molecule has 0 saturated heterocycles. The number of fused-ring (bicyclic) bond motifs is 1. The highest BCUT2D eigenvalue weighted by Gasteiger charge is 2.30. The molecule has 2 amide bonds. The molecule has 1 aromatic carbocycles. The minimum absolute atomic E-state index is 0.0702. The molecule has 5 nitrogen and oxygen atoms in total. The number of carbonyl (C=O) groups excluding carboxylic acids is 2. The van der Waals surface area contributed by atoms with Gasteiger partial charge in [0.25, 0.3) is 0 Å². The van der Waals surface area contributed by atoms with Gasteiger partial charge in [-0.3, -0.25) is 9.59 Å². The van der Waals surface area contributed by atoms with Crippen LogP contribution in [0.15, 0.2) is 18.2 Å². The molecule has 3 rings (SSSR count). The van der Waals surface area contributed by atoms with Crippen LogP contribution < -0.4 is 10.1 Å². The molecule has 1 aliphatic heterocycles. The van der Waals surface area contributed by atoms with Crippen molar-refractivity contribution in [3.63, 3.8) is 0 Å². The summed E-state index contributed by atoms with van der Waals surface area (Å²) in [6.07, 6.45) is 4.87. The van der Waals surface area contributed by atoms with Gasteiger partial charge < -0.3 is 15.0 Å². The zero-order chi connectivity index (χ0) is 16.2. The monoisotopic (exact) mass is 316 g/mol. The lowest BCUT2D eigenvalue weighted by Gasteiger charge is -2.20. The first-order valence-corrected chi connectivity index (χ1v) is 8.52. The smallest absolute Gasteiger partial charge is 0.224 e. The number of nitrogens with one attached hydrogen (secondary N) is 1. The second kappa shape index (κ2) is 7.02. The van der Waals surface area contributed by atoms with Crippen LogP contribution in [-0.4, -0.2) is 35.9 Å². The Kier molecular flexibility index (Phi) is 4.84. The molecule has 1 N–H and O–H groups in total. The summed E-state index contributed by atoms with van der Waals surface area (Å²) in [7, 11) is 0. The molecule has 0 unspecified atom stereocenters. The second-order valence-electron chi connectivity index (χ2n) is 6.23. The van der Waals surface area contributed by atoms with Crippen molar-refractivity contribution in [2.75, 3.05) is 18.5 Å². The van der Waals surface area contributed by atoms with Crippen molar-refractivity contribution >= 4 is 17.5 Å². The van der Waals surface area contributed by atoms with E-state index in [2.05, 4.69) is 5.32 Å². The Morgan fingerprint density at radius 2 is 2.17 bits per heavy atom. The third-order valence-electron chi connectivity index (χ3n) is 4.42. The predicted octanol–water partition coefficient (Wildman–Crippen LogP) is 2.74. The van der Waals surface area contributed by atoms with Crippen molar-refractivity contribution in [3.05, 3.63) is 23.8 Å². The van der Waals surface area contributed by atoms with Gasteiger partial charge in [-0.05, 0) is 56.4 Å². The van der Waals surface area contributed by atoms with Crippen LogP contribution in [0.4, 0.5) is 5.69 Å². The number of rotatable bonds is 7. The zero-order valence-electron chi connectivity index (χ0n) is 13.6. The van der Waals surface area contributed by atoms with Crippen molar-refractivity contribution in [2.24, 2.45) is 0 Å². The topological polar surface area (TPSA) is 58.6 Å². The molecule has 124 valence electrons. The van der Waals surface area contributed by atoms with Gasteiger partial charge in [0.2, 0.25) is 11.8 Å². The van der Waals surface area contributed by atoms with Crippen molar-refractivity contribution in [3.8, 4) is 5.75 Å². The van der Waals surface area contributed by atoms with Gasteiger partial charge in [-0.15, -0.1) is 0 Å². The first-order valence-electron chi connectivity index (χ1n) is 8.52. The van der Waals surface area contributed by atoms with Gasteiger partial charge in [-0.25, -0.2) is 0 Å². The maximum atomic E-state index is 12.1. The van der Waals surface area contributed by atoms with Crippen LogP contribution in [0.3, 0.4) is 0 Å². The van der Waals surface area contributed by atoms with Crippen molar-refractivity contribution in [1.82, 2.24) is 4.90 Å². The lowest BCUT2D eigenvalue weighted by molar-refractivity contribution is -0.131. The summed E-state index contributed by atoms with van der Waals surface area (Å²) in [5.74, 6) is 1.12. The van der Waals surface area contributed by atoms with Crippen molar-refractivity contribution in [1.29, 1.82) is 0 Å². The van der Waals surface area contributed by atoms with E-state index in [9.17, 15) is 9.59 Å². The first-order chi connectivity index (χ1) is 11.2. The number of anilines is 1. The molecular weight excluding hydrogens is 292 g/mol. The summed E-state index contributed by atoms with van der Waals surface area (Å²) in [4.78, 5) is 25.4. The number of aryl methyl sites for hydroxylation is 1. The summed E-state index contributed by atoms with van der Waals surface area (Å²) < 4.78 is 5.76. The quantitative estimate of drug-likeness (QED) is 0.787. The van der Waals surface area contributed by atoms with E-state index >= 15 is 0 Å². The number of hydrogen-bond donors (Lipinski definition) is 1. The number of hydrogen-bond acceptors (Lipinski definition) is 3. The molecule has 1 aliphatic carbocycles. The van der Waals surface area contributed by atoms with Crippen LogP contribution in [-0.2, 0) is 16.0 Å². The number of ether oxygens (including phenoxy) is 1. The third kappa shape index (κ3) is 4.03. The molecule has 5 heteroatoms. The predicted molar refractivity (Wildman–Crippen MR) is 88.5 cm³/mol. The average molecular weight is 316 g/mol. The first kappa shape index (κ1) is 15.8. The van der Waals surface area contributed by atoms with Crippen molar-refractivity contribution in [2.45, 2.75) is 51.5 Å². The molecule has 0 atom stereocenters. The molecule has 1 aromatic rings. The van der Waals surface area contributed by atoms with Gasteiger partial charge in [0, 0.05) is 31.1 Å². The fourth-order valence-corrected chi connectivity index (χ4v) is 3.03. The van der Waals surface area contributed by atoms with E-state index in [4.69, 9.17) is 4.74 Å². The highest BCUT2D eigenvalue weighted by atomic mass is 16.5. The number of nitrogens with zero attached hydrogens (tertiary/aromatic N) is 1. The van der Waals surface area contributed by atoms with Crippen LogP contribution in [0.25, 0.3) is 0 Å². The standard InChI is InChI=1S/C18H24N2O3/c1-2-20(14-6-7-14)18(22)4-3-11-23-15-8-9-16-13(12-15)5-10-17(21)19-16/h8-9,12,14H,2-7,10-11H2,1H3,(H,19,21). The summed E-state index contributed by atoms with van der Waals surface area (Å²) in [6, 6.07) is 6.23. The molecule has 1 saturated carbocycles. The molecule has 0 radical (unpaired) electrons. The molecule has 2 aliphatic rings. The number of amides is 2. The van der Waals surface area contributed by atoms with Gasteiger partial charge in [0.15, 0.2) is 0 Å². The Morgan fingerprint density at radius 3 is 2.91 bits per heavy atom. The van der Waals surface area contributed by atoms with Crippen LogP contribution >= 0.6 is 0 Å². The maximum absolute atomic E-state index is 12.1. The molecular formula is C18H24N2O3. The minimum Gasteiger partial charge on any atom is -0.494 e. The lowest BCUT2D eigenvalue weighted by Crippen LogP contribution is -2.32. The molecule has 23 heavy (non-hydrogen) atoms. The normalized spacial score (nSPS) is 16.5. The second-order valence-corrected chi connectivity index (χ2v) is 6.23. The van der Waals surface area contributed by atoms with Gasteiger partial charge in [0.05, 0.1) is 6.61 Å². The number of carbonyl (C=O) groups is 2. The fraction of sp³-hybridized carbons (Fsp3) is 0.556. The molecule has 1 fully saturated rings. The Balaban J connectivity index is 1.44. The van der Waals surface area contributed by atoms with Crippen LogP contribution in [0.5, 0.6) is 5.75 Å². The summed E-state index contributed by atoms with van der Waals surface area (Å²) >= 11 is 0. The van der Waals surface area contributed by atoms with Gasteiger partial charge in [-0.2, -0.15) is 0 Å². The Bertz CT molecular complexity index is 596. The average Bonchev–Trinajstić information content (AvgIpc) is 3.37. The summed E-state index contributed by atoms with van der Waals surface area (Å²) in [5, 5.41) is 2.86. The molecule has 0 aromatic heterocycles. The Hall–Kier alpha value is -2.04. The van der Waals surface area contributed by atoms with Crippen molar-refractivity contribution < 1.29 is 14.3 Å². The van der Waals surface area contributed by atoms with Crippen LogP contribution in [0.1, 0.15) is 44.6 Å². The summed E-state index contributed by atoms with van der Waals surface area (Å²) in [6.45, 7) is 3.39. The van der Waals surface area contributed by atoms with Gasteiger partial charge in [-0.1, -0.05) is 0 Å². The molecule has 0 spiro atoms. The number of benzene rings is 1. The minimum atomic E-state index is 0.0702. The van der Waals surface area contributed by atoms with E-state index < -0.39 is 0 Å². The Morgan fingerprint density at radius 1 is 1.35 bits per heavy atom. The molecule has 1 heterocycles. The summed E-state index contributed by atoms with van der Waals surface area (Å²) in [5.41, 5.74) is 2.00. The van der Waals surface area contributed by atoms with E-state index in [1.807, 2.05) is 30.0 Å². The SMILES string of the molecule is CCN(C(=O)CCCOc1ccc2c(c1)CCC(=O)N2)C1CC1. The lowest BCUT2D eigenvalue weighted by atomic mass is 10.0. The van der Waals surface area contributed by atoms with E-state index in [0.717, 1.165) is 49.2 Å². The third-order valence-corrected chi connectivity index (χ3v) is 4.42. The van der Waals surface area contributed by atoms with E-state index in [0.29, 0.717) is 25.5 Å². The van der Waals surface area contributed by atoms with Crippen LogP contribution in [0, 0.1) is 0 Å².